The number of halogens is 1. The summed E-state index contributed by atoms with van der Waals surface area (Å²) in [5.74, 6) is 0. The number of non-ortho nitro benzene ring substituents is 1. The molecule has 4 nitrogen and oxygen atoms in total. The molecule has 1 N–H and O–H groups in total. The summed E-state index contributed by atoms with van der Waals surface area (Å²) in [6, 6.07) is 4.86. The quantitative estimate of drug-likeness (QED) is 0.468. The number of rotatable bonds is 1. The average Bonchev–Trinajstić information content (AvgIpc) is 2.47. The molecule has 0 fully saturated rings. The topological polar surface area (TPSA) is 55.2 Å². The molecule has 13 heavy (non-hydrogen) atoms. The van der Waals surface area contributed by atoms with Crippen LogP contribution in [0.4, 0.5) is 11.4 Å². The first-order valence-electron chi connectivity index (χ1n) is 3.85. The SMILES string of the molecule is O=[N+]([O-])c1ccc2c(c1)C(Br)CN2. The Balaban J connectivity index is 2.47. The molecule has 1 aliphatic heterocycles. The molecule has 0 spiro atoms. The van der Waals surface area contributed by atoms with Gasteiger partial charge in [-0.2, -0.15) is 0 Å². The van der Waals surface area contributed by atoms with E-state index < -0.39 is 0 Å². The van der Waals surface area contributed by atoms with Crippen molar-refractivity contribution in [2.45, 2.75) is 4.83 Å². The zero-order valence-electron chi connectivity index (χ0n) is 6.66. The summed E-state index contributed by atoms with van der Waals surface area (Å²) in [5.41, 5.74) is 2.09. The summed E-state index contributed by atoms with van der Waals surface area (Å²) in [6.45, 7) is 0.788. The molecule has 2 rings (SSSR count). The normalized spacial score (nSPS) is 19.3. The third kappa shape index (κ3) is 1.39. The Hall–Kier alpha value is -1.10. The molecule has 1 aromatic rings. The lowest BCUT2D eigenvalue weighted by molar-refractivity contribution is -0.384. The Morgan fingerprint density at radius 2 is 2.38 bits per heavy atom. The van der Waals surface area contributed by atoms with Crippen LogP contribution in [0, 0.1) is 10.1 Å². The predicted octanol–water partition coefficient (Wildman–Crippen LogP) is 2.46. The number of hydrogen-bond acceptors (Lipinski definition) is 3. The van der Waals surface area contributed by atoms with Gasteiger partial charge in [-0.25, -0.2) is 0 Å². The number of benzene rings is 1. The first kappa shape index (κ1) is 8.50. The van der Waals surface area contributed by atoms with Crippen LogP contribution in [-0.2, 0) is 0 Å². The molecule has 0 bridgehead atoms. The molecule has 0 aliphatic carbocycles. The average molecular weight is 243 g/mol. The second-order valence-electron chi connectivity index (χ2n) is 2.88. The van der Waals surface area contributed by atoms with E-state index in [0.29, 0.717) is 0 Å². The van der Waals surface area contributed by atoms with Gasteiger partial charge in [0.25, 0.3) is 5.69 Å². The Labute approximate surface area is 83.2 Å². The van der Waals surface area contributed by atoms with Crippen molar-refractivity contribution < 1.29 is 4.92 Å². The maximum absolute atomic E-state index is 10.5. The van der Waals surface area contributed by atoms with Gasteiger partial charge in [-0.05, 0) is 11.6 Å². The number of anilines is 1. The van der Waals surface area contributed by atoms with Gasteiger partial charge in [0.2, 0.25) is 0 Å². The Morgan fingerprint density at radius 3 is 3.08 bits per heavy atom. The largest absolute Gasteiger partial charge is 0.383 e. The van der Waals surface area contributed by atoms with Crippen molar-refractivity contribution >= 4 is 27.3 Å². The highest BCUT2D eigenvalue weighted by Gasteiger charge is 2.21. The predicted molar refractivity (Wildman–Crippen MR) is 53.3 cm³/mol. The highest BCUT2D eigenvalue weighted by Crippen LogP contribution is 2.37. The van der Waals surface area contributed by atoms with E-state index in [2.05, 4.69) is 21.2 Å². The van der Waals surface area contributed by atoms with Crippen LogP contribution in [0.15, 0.2) is 18.2 Å². The van der Waals surface area contributed by atoms with Gasteiger partial charge in [0, 0.05) is 24.4 Å². The number of alkyl halides is 1. The Kier molecular flexibility index (Phi) is 1.95. The van der Waals surface area contributed by atoms with Crippen LogP contribution in [0.5, 0.6) is 0 Å². The van der Waals surface area contributed by atoms with Gasteiger partial charge in [-0.3, -0.25) is 10.1 Å². The highest BCUT2D eigenvalue weighted by molar-refractivity contribution is 9.09. The van der Waals surface area contributed by atoms with E-state index in [1.54, 1.807) is 12.1 Å². The minimum Gasteiger partial charge on any atom is -0.383 e. The van der Waals surface area contributed by atoms with Crippen LogP contribution in [-0.4, -0.2) is 11.5 Å². The molecular formula is C8H7BrN2O2. The van der Waals surface area contributed by atoms with Gasteiger partial charge in [0.1, 0.15) is 0 Å². The molecule has 1 heterocycles. The van der Waals surface area contributed by atoms with Crippen LogP contribution in [0.1, 0.15) is 10.4 Å². The van der Waals surface area contributed by atoms with Gasteiger partial charge in [0.15, 0.2) is 0 Å². The van der Waals surface area contributed by atoms with Crippen LogP contribution < -0.4 is 5.32 Å². The number of hydrogen-bond donors (Lipinski definition) is 1. The smallest absolute Gasteiger partial charge is 0.269 e. The van der Waals surface area contributed by atoms with E-state index in [1.165, 1.54) is 6.07 Å². The van der Waals surface area contributed by atoms with Crippen LogP contribution in [0.25, 0.3) is 0 Å². The van der Waals surface area contributed by atoms with Crippen molar-refractivity contribution in [2.24, 2.45) is 0 Å². The number of nitrogens with one attached hydrogen (secondary N) is 1. The van der Waals surface area contributed by atoms with E-state index in [0.717, 1.165) is 17.8 Å². The van der Waals surface area contributed by atoms with Gasteiger partial charge in [0.05, 0.1) is 9.75 Å². The molecule has 0 amide bonds. The van der Waals surface area contributed by atoms with Crippen molar-refractivity contribution in [3.05, 3.63) is 33.9 Å². The molecule has 68 valence electrons. The molecule has 5 heteroatoms. The first-order chi connectivity index (χ1) is 6.18. The van der Waals surface area contributed by atoms with E-state index in [9.17, 15) is 10.1 Å². The monoisotopic (exact) mass is 242 g/mol. The molecule has 1 aliphatic rings. The lowest BCUT2D eigenvalue weighted by Crippen LogP contribution is -1.93. The van der Waals surface area contributed by atoms with Gasteiger partial charge < -0.3 is 5.32 Å². The fourth-order valence-corrected chi connectivity index (χ4v) is 1.93. The summed E-state index contributed by atoms with van der Waals surface area (Å²) in [6.07, 6.45) is 0. The zero-order valence-corrected chi connectivity index (χ0v) is 8.24. The minimum absolute atomic E-state index is 0.145. The van der Waals surface area contributed by atoms with Crippen molar-refractivity contribution in [1.82, 2.24) is 0 Å². The Morgan fingerprint density at radius 1 is 1.62 bits per heavy atom. The maximum Gasteiger partial charge on any atom is 0.269 e. The first-order valence-corrected chi connectivity index (χ1v) is 4.76. The summed E-state index contributed by atoms with van der Waals surface area (Å²) in [5, 5.41) is 13.6. The second-order valence-corrected chi connectivity index (χ2v) is 3.98. The molecule has 0 saturated carbocycles. The second kappa shape index (κ2) is 2.99. The Bertz CT molecular complexity index is 367. The maximum atomic E-state index is 10.5. The van der Waals surface area contributed by atoms with Crippen molar-refractivity contribution in [2.75, 3.05) is 11.9 Å². The third-order valence-corrected chi connectivity index (χ3v) is 2.87. The summed E-state index contributed by atoms with van der Waals surface area (Å²) in [7, 11) is 0. The van der Waals surface area contributed by atoms with Crippen molar-refractivity contribution in [3.8, 4) is 0 Å². The molecular weight excluding hydrogens is 236 g/mol. The van der Waals surface area contributed by atoms with Crippen LogP contribution >= 0.6 is 15.9 Å². The van der Waals surface area contributed by atoms with E-state index in [4.69, 9.17) is 0 Å². The fraction of sp³-hybridized carbons (Fsp3) is 0.250. The number of nitrogens with zero attached hydrogens (tertiary/aromatic N) is 1. The zero-order chi connectivity index (χ0) is 9.42. The van der Waals surface area contributed by atoms with Crippen molar-refractivity contribution in [3.63, 3.8) is 0 Å². The summed E-state index contributed by atoms with van der Waals surface area (Å²) < 4.78 is 0. The summed E-state index contributed by atoms with van der Waals surface area (Å²) >= 11 is 3.44. The molecule has 0 radical (unpaired) electrons. The molecule has 0 saturated heterocycles. The number of nitro benzene ring substituents is 1. The van der Waals surface area contributed by atoms with Gasteiger partial charge >= 0.3 is 0 Å². The fourth-order valence-electron chi connectivity index (χ4n) is 1.39. The third-order valence-electron chi connectivity index (χ3n) is 2.06. The van der Waals surface area contributed by atoms with Crippen LogP contribution in [0.2, 0.25) is 0 Å². The van der Waals surface area contributed by atoms with Gasteiger partial charge in [-0.1, -0.05) is 15.9 Å². The minimum atomic E-state index is -0.377. The summed E-state index contributed by atoms with van der Waals surface area (Å²) in [4.78, 5) is 10.3. The van der Waals surface area contributed by atoms with Gasteiger partial charge in [-0.15, -0.1) is 0 Å². The van der Waals surface area contributed by atoms with E-state index in [-0.39, 0.29) is 15.4 Å². The van der Waals surface area contributed by atoms with Crippen molar-refractivity contribution in [1.29, 1.82) is 0 Å². The van der Waals surface area contributed by atoms with E-state index >= 15 is 0 Å². The highest BCUT2D eigenvalue weighted by atomic mass is 79.9. The van der Waals surface area contributed by atoms with Crippen LogP contribution in [0.3, 0.4) is 0 Å². The number of nitro groups is 1. The molecule has 1 unspecified atom stereocenters. The lowest BCUT2D eigenvalue weighted by Gasteiger charge is -1.99. The number of fused-ring (bicyclic) bond motifs is 1. The molecule has 1 atom stereocenters. The lowest BCUT2D eigenvalue weighted by atomic mass is 10.1. The van der Waals surface area contributed by atoms with E-state index in [1.807, 2.05) is 0 Å². The molecule has 1 aromatic carbocycles. The standard InChI is InChI=1S/C8H7BrN2O2/c9-7-4-10-8-2-1-5(11(12)13)3-6(7)8/h1-3,7,10H,4H2. The molecule has 0 aromatic heterocycles.